The first-order valence-corrected chi connectivity index (χ1v) is 8.42. The van der Waals surface area contributed by atoms with Gasteiger partial charge in [-0.3, -0.25) is 9.69 Å². The highest BCUT2D eigenvalue weighted by atomic mass is 35.5. The molecule has 0 N–H and O–H groups in total. The molecule has 0 radical (unpaired) electrons. The Kier molecular flexibility index (Phi) is 3.01. The number of nitrogens with zero attached hydrogens (tertiary/aromatic N) is 3. The lowest BCUT2D eigenvalue weighted by Gasteiger charge is -2.56. The van der Waals surface area contributed by atoms with Gasteiger partial charge >= 0.3 is 0 Å². The van der Waals surface area contributed by atoms with E-state index in [1.165, 1.54) is 22.7 Å². The van der Waals surface area contributed by atoms with Crippen molar-refractivity contribution >= 4 is 35.2 Å². The van der Waals surface area contributed by atoms with Gasteiger partial charge in [-0.05, 0) is 24.6 Å². The third-order valence-corrected chi connectivity index (χ3v) is 6.10. The number of carboxylic acids is 1. The average molecular weight is 350 g/mol. The van der Waals surface area contributed by atoms with Gasteiger partial charge in [-0.1, -0.05) is 0 Å². The second-order valence-corrected chi connectivity index (χ2v) is 7.17. The predicted molar refractivity (Wildman–Crippen MR) is 82.0 cm³/mol. The molecule has 6 nitrogen and oxygen atoms in total. The molecule has 1 amide bonds. The summed E-state index contributed by atoms with van der Waals surface area (Å²) in [6.07, 6.45) is 6.95. The van der Waals surface area contributed by atoms with E-state index in [1.54, 1.807) is 18.5 Å². The van der Waals surface area contributed by atoms with Crippen LogP contribution in [0.5, 0.6) is 0 Å². The lowest BCUT2D eigenvalue weighted by molar-refractivity contribution is -0.591. The lowest BCUT2D eigenvalue weighted by atomic mass is 9.88. The van der Waals surface area contributed by atoms with E-state index in [9.17, 15) is 14.7 Å². The molecule has 2 atom stereocenters. The second-order valence-electron chi connectivity index (χ2n) is 5.67. The monoisotopic (exact) mass is 349 g/mol. The van der Waals surface area contributed by atoms with Crippen LogP contribution in [0.2, 0.25) is 5.15 Å². The smallest absolute Gasteiger partial charge is 0.281 e. The van der Waals surface area contributed by atoms with E-state index < -0.39 is 11.5 Å². The summed E-state index contributed by atoms with van der Waals surface area (Å²) in [5, 5.41) is 11.5. The van der Waals surface area contributed by atoms with Gasteiger partial charge in [0.2, 0.25) is 5.69 Å². The Morgan fingerprint density at radius 2 is 2.30 bits per heavy atom. The lowest BCUT2D eigenvalue weighted by Crippen LogP contribution is -2.72. The van der Waals surface area contributed by atoms with Crippen LogP contribution >= 0.6 is 23.4 Å². The van der Waals surface area contributed by atoms with Crippen molar-refractivity contribution in [3.8, 4) is 5.69 Å². The molecule has 0 aromatic carbocycles. The van der Waals surface area contributed by atoms with Crippen LogP contribution in [0.4, 0.5) is 0 Å². The molecule has 0 aliphatic carbocycles. The van der Waals surface area contributed by atoms with Crippen LogP contribution in [-0.2, 0) is 15.1 Å². The van der Waals surface area contributed by atoms with Gasteiger partial charge in [-0.2, -0.15) is 0 Å². The van der Waals surface area contributed by atoms with Crippen LogP contribution in [0.25, 0.3) is 5.69 Å². The van der Waals surface area contributed by atoms with E-state index in [0.717, 1.165) is 5.69 Å². The van der Waals surface area contributed by atoms with E-state index in [0.29, 0.717) is 10.9 Å². The van der Waals surface area contributed by atoms with Crippen molar-refractivity contribution in [3.63, 3.8) is 0 Å². The number of aromatic nitrogens is 2. The van der Waals surface area contributed by atoms with Crippen LogP contribution in [-0.4, -0.2) is 32.5 Å². The molecule has 1 saturated heterocycles. The van der Waals surface area contributed by atoms with E-state index in [2.05, 4.69) is 0 Å². The Hall–Kier alpha value is -1.99. The van der Waals surface area contributed by atoms with Crippen molar-refractivity contribution in [1.82, 2.24) is 9.47 Å². The Balaban J connectivity index is 1.77. The van der Waals surface area contributed by atoms with E-state index in [1.807, 2.05) is 28.3 Å². The average Bonchev–Trinajstić information content (AvgIpc) is 2.93. The number of fused-ring (bicyclic) bond motifs is 2. The fourth-order valence-corrected chi connectivity index (χ4v) is 4.72. The van der Waals surface area contributed by atoms with Gasteiger partial charge < -0.3 is 14.5 Å². The molecule has 4 aliphatic rings. The Morgan fingerprint density at radius 1 is 1.52 bits per heavy atom. The van der Waals surface area contributed by atoms with Crippen molar-refractivity contribution in [1.29, 1.82) is 0 Å². The summed E-state index contributed by atoms with van der Waals surface area (Å²) in [6, 6.07) is 3.65. The first kappa shape index (κ1) is 14.6. The number of hydrogen-bond acceptors (Lipinski definition) is 4. The van der Waals surface area contributed by atoms with Gasteiger partial charge in [0.15, 0.2) is 11.7 Å². The summed E-state index contributed by atoms with van der Waals surface area (Å²) in [7, 11) is 0. The normalized spacial score (nSPS) is 26.7. The highest BCUT2D eigenvalue weighted by Crippen LogP contribution is 2.48. The number of rotatable bonds is 2. The molecule has 118 valence electrons. The number of hydrogen-bond donors (Lipinski definition) is 0. The first-order chi connectivity index (χ1) is 10.9. The standard InChI is InChI=1S/C15H12ClN3O3S/c1-15(17-5-6-18-9(8-17)2-3-11(18)16)13(22)19-10(12(20)21)4-7-23-14(15)19/h2-6,8,14H,7H2,1H3/t14-,15?/m0/s1. The number of carbonyl (C=O) groups is 2. The van der Waals surface area contributed by atoms with Crippen molar-refractivity contribution in [3.05, 3.63) is 47.6 Å². The Labute approximate surface area is 141 Å². The maximum Gasteiger partial charge on any atom is 0.281 e. The molecule has 0 spiro atoms. The number of carboxylic acid groups (broad SMARTS) is 1. The van der Waals surface area contributed by atoms with Crippen LogP contribution in [0.3, 0.4) is 0 Å². The summed E-state index contributed by atoms with van der Waals surface area (Å²) in [6.45, 7) is 1.82. The van der Waals surface area contributed by atoms with E-state index in [4.69, 9.17) is 11.6 Å². The van der Waals surface area contributed by atoms with Gasteiger partial charge in [0.25, 0.3) is 11.1 Å². The summed E-state index contributed by atoms with van der Waals surface area (Å²) >= 11 is 7.61. The van der Waals surface area contributed by atoms with Crippen LogP contribution in [0.1, 0.15) is 6.92 Å². The fourth-order valence-electron chi connectivity index (χ4n) is 3.16. The van der Waals surface area contributed by atoms with Gasteiger partial charge in [0, 0.05) is 17.9 Å². The van der Waals surface area contributed by atoms with E-state index in [-0.39, 0.29) is 17.0 Å². The molecule has 0 aromatic rings. The van der Waals surface area contributed by atoms with E-state index >= 15 is 0 Å². The maximum atomic E-state index is 12.7. The Morgan fingerprint density at radius 3 is 3.04 bits per heavy atom. The molecule has 4 aliphatic heterocycles. The first-order valence-electron chi connectivity index (χ1n) is 6.99. The molecule has 4 heterocycles. The molecular weight excluding hydrogens is 338 g/mol. The van der Waals surface area contributed by atoms with Crippen LogP contribution in [0.15, 0.2) is 42.5 Å². The maximum absolute atomic E-state index is 12.7. The number of β-lactam (4-membered cyclic amide) rings is 1. The van der Waals surface area contributed by atoms with Crippen LogP contribution < -0.4 is 9.67 Å². The largest absolute Gasteiger partial charge is 0.543 e. The molecule has 8 heteroatoms. The number of halogens is 1. The summed E-state index contributed by atoms with van der Waals surface area (Å²) in [4.78, 5) is 25.2. The molecule has 0 aromatic heterocycles. The third-order valence-electron chi connectivity index (χ3n) is 4.45. The van der Waals surface area contributed by atoms with Gasteiger partial charge in [-0.25, -0.2) is 0 Å². The summed E-state index contributed by atoms with van der Waals surface area (Å²) in [5.74, 6) is -1.03. The minimum absolute atomic E-state index is 0.0383. The molecular formula is C15H12ClN3O3S. The van der Waals surface area contributed by atoms with Crippen LogP contribution in [0, 0.1) is 0 Å². The van der Waals surface area contributed by atoms with Crippen molar-refractivity contribution < 1.29 is 19.3 Å². The predicted octanol–water partition coefficient (Wildman–Crippen LogP) is 0.120. The summed E-state index contributed by atoms with van der Waals surface area (Å²) in [5.41, 5.74) is -0.0110. The van der Waals surface area contributed by atoms with Gasteiger partial charge in [-0.15, -0.1) is 16.3 Å². The van der Waals surface area contributed by atoms with Gasteiger partial charge in [0.1, 0.15) is 5.37 Å². The molecule has 0 bridgehead atoms. The van der Waals surface area contributed by atoms with Gasteiger partial charge in [0.05, 0.1) is 24.1 Å². The molecule has 1 unspecified atom stereocenters. The second kappa shape index (κ2) is 4.75. The topological polar surface area (TPSA) is 69.2 Å². The van der Waals surface area contributed by atoms with Crippen molar-refractivity contribution in [2.45, 2.75) is 17.8 Å². The SMILES string of the molecule is CC1(n2cc[n+]3c(Cl)ccc-3c2)C(=O)N2C(C(=O)[O-])=CCS[C@H]21. The summed E-state index contributed by atoms with van der Waals surface area (Å²) < 4.78 is 3.64. The quantitative estimate of drug-likeness (QED) is 0.570. The minimum atomic E-state index is -1.32. The number of aliphatic carboxylic acids is 1. The fraction of sp³-hybridized carbons (Fsp3) is 0.267. The van der Waals surface area contributed by atoms with Crippen molar-refractivity contribution in [2.24, 2.45) is 0 Å². The molecule has 0 saturated carbocycles. The number of thioether (sulfide) groups is 1. The highest BCUT2D eigenvalue weighted by molar-refractivity contribution is 8.00. The minimum Gasteiger partial charge on any atom is -0.543 e. The molecule has 1 fully saturated rings. The zero-order chi connectivity index (χ0) is 16.4. The molecule has 4 rings (SSSR count). The Bertz CT molecular complexity index is 848. The number of carbonyl (C=O) groups excluding carboxylic acids is 2. The zero-order valence-electron chi connectivity index (χ0n) is 12.1. The highest BCUT2D eigenvalue weighted by Gasteiger charge is 2.61. The number of amides is 1. The zero-order valence-corrected chi connectivity index (χ0v) is 13.7. The van der Waals surface area contributed by atoms with Crippen molar-refractivity contribution in [2.75, 3.05) is 5.75 Å². The third kappa shape index (κ3) is 1.80. The molecule has 23 heavy (non-hydrogen) atoms.